The zero-order valence-electron chi connectivity index (χ0n) is 12.7. The summed E-state index contributed by atoms with van der Waals surface area (Å²) in [4.78, 5) is 23.6. The van der Waals surface area contributed by atoms with Gasteiger partial charge in [0.25, 0.3) is 0 Å². The Kier molecular flexibility index (Phi) is 12.3. The van der Waals surface area contributed by atoms with Crippen LogP contribution in [0.3, 0.4) is 0 Å². The molecule has 0 saturated heterocycles. The summed E-state index contributed by atoms with van der Waals surface area (Å²) in [5.74, 6) is -0.305. The Morgan fingerprint density at radius 3 is 2.30 bits per heavy atom. The van der Waals surface area contributed by atoms with Crippen molar-refractivity contribution < 1.29 is 9.59 Å². The molecule has 0 aliphatic carbocycles. The number of carbonyl (C=O) groups is 2. The minimum Gasteiger partial charge on any atom is -0.353 e. The van der Waals surface area contributed by atoms with Crippen LogP contribution >= 0.6 is 12.2 Å². The highest BCUT2D eigenvalue weighted by Gasteiger charge is 2.02. The van der Waals surface area contributed by atoms with Crippen molar-refractivity contribution in [1.29, 1.82) is 0 Å². The number of carbonyl (C=O) groups excluding carboxylic acids is 2. The Morgan fingerprint density at radius 1 is 1.00 bits per heavy atom. The predicted molar refractivity (Wildman–Crippen MR) is 88.0 cm³/mol. The van der Waals surface area contributed by atoms with Gasteiger partial charge in [0.15, 0.2) is 5.78 Å². The first kappa shape index (κ1) is 19.0. The van der Waals surface area contributed by atoms with E-state index in [-0.39, 0.29) is 18.1 Å². The monoisotopic (exact) mass is 297 g/mol. The molecule has 1 N–H and O–H groups in total. The van der Waals surface area contributed by atoms with Crippen LogP contribution in [0.4, 0.5) is 0 Å². The van der Waals surface area contributed by atoms with Crippen LogP contribution in [0.25, 0.3) is 0 Å². The smallest absolute Gasteiger partial charge is 0.244 e. The minimum absolute atomic E-state index is 0.105. The Labute approximate surface area is 128 Å². The fraction of sp³-hybridized carbons (Fsp3) is 0.688. The van der Waals surface area contributed by atoms with Gasteiger partial charge in [-0.15, -0.1) is 0 Å². The Hall–Kier alpha value is -1.03. The van der Waals surface area contributed by atoms with Crippen LogP contribution in [0.5, 0.6) is 0 Å². The van der Waals surface area contributed by atoms with Crippen molar-refractivity contribution >= 4 is 28.8 Å². The van der Waals surface area contributed by atoms with Gasteiger partial charge < -0.3 is 5.32 Å². The molecular weight excluding hydrogens is 270 g/mol. The molecule has 0 atom stereocenters. The van der Waals surface area contributed by atoms with E-state index in [1.165, 1.54) is 37.8 Å². The highest BCUT2D eigenvalue weighted by Crippen LogP contribution is 2.04. The predicted octanol–water partition coefficient (Wildman–Crippen LogP) is 3.76. The van der Waals surface area contributed by atoms with Crippen LogP contribution in [0, 0.1) is 0 Å². The van der Waals surface area contributed by atoms with Crippen LogP contribution in [0.1, 0.15) is 65.2 Å². The molecule has 0 heterocycles. The second-order valence-corrected chi connectivity index (χ2v) is 5.50. The Morgan fingerprint density at radius 2 is 1.65 bits per heavy atom. The molecule has 4 heteroatoms. The maximum atomic E-state index is 11.5. The highest BCUT2D eigenvalue weighted by atomic mass is 32.1. The average molecular weight is 297 g/mol. The van der Waals surface area contributed by atoms with Gasteiger partial charge >= 0.3 is 0 Å². The molecule has 0 aliphatic rings. The van der Waals surface area contributed by atoms with Gasteiger partial charge in [-0.2, -0.15) is 0 Å². The van der Waals surface area contributed by atoms with E-state index >= 15 is 0 Å². The molecule has 3 nitrogen and oxygen atoms in total. The van der Waals surface area contributed by atoms with E-state index in [1.54, 1.807) is 0 Å². The first-order chi connectivity index (χ1) is 9.60. The summed E-state index contributed by atoms with van der Waals surface area (Å²) in [7, 11) is 0. The van der Waals surface area contributed by atoms with Crippen molar-refractivity contribution in [2.24, 2.45) is 0 Å². The van der Waals surface area contributed by atoms with Gasteiger partial charge in [0, 0.05) is 23.9 Å². The fourth-order valence-corrected chi connectivity index (χ4v) is 1.86. The Balaban J connectivity index is 3.62. The largest absolute Gasteiger partial charge is 0.353 e. The molecule has 0 bridgehead atoms. The minimum atomic E-state index is -0.200. The van der Waals surface area contributed by atoms with E-state index < -0.39 is 0 Å². The van der Waals surface area contributed by atoms with Gasteiger partial charge in [0.1, 0.15) is 0 Å². The van der Waals surface area contributed by atoms with E-state index in [0.29, 0.717) is 6.54 Å². The fourth-order valence-electron chi connectivity index (χ4n) is 1.72. The number of allylic oxidation sites excluding steroid dienone is 1. The van der Waals surface area contributed by atoms with E-state index in [9.17, 15) is 9.59 Å². The van der Waals surface area contributed by atoms with Crippen molar-refractivity contribution in [2.75, 3.05) is 6.54 Å². The summed E-state index contributed by atoms with van der Waals surface area (Å²) in [6.07, 6.45) is 10.8. The lowest BCUT2D eigenvalue weighted by atomic mass is 10.1. The molecule has 0 radical (unpaired) electrons. The van der Waals surface area contributed by atoms with Gasteiger partial charge in [0.2, 0.25) is 5.91 Å². The molecule has 0 fully saturated rings. The number of ketones is 1. The maximum Gasteiger partial charge on any atom is 0.244 e. The number of unbranched alkanes of at least 4 members (excludes halogenated alkanes) is 5. The summed E-state index contributed by atoms with van der Waals surface area (Å²) in [5, 5.41) is 2.79. The molecule has 20 heavy (non-hydrogen) atoms. The van der Waals surface area contributed by atoms with E-state index in [4.69, 9.17) is 12.2 Å². The van der Waals surface area contributed by atoms with Gasteiger partial charge in [-0.05, 0) is 18.9 Å². The topological polar surface area (TPSA) is 46.2 Å². The molecule has 0 spiro atoms. The first-order valence-electron chi connectivity index (χ1n) is 7.60. The Bertz CT molecular complexity index is 337. The van der Waals surface area contributed by atoms with Crippen LogP contribution in [-0.2, 0) is 9.59 Å². The van der Waals surface area contributed by atoms with Crippen molar-refractivity contribution in [3.8, 4) is 0 Å². The van der Waals surface area contributed by atoms with Crippen LogP contribution in [0.15, 0.2) is 12.2 Å². The van der Waals surface area contributed by atoms with Crippen molar-refractivity contribution in [1.82, 2.24) is 5.32 Å². The van der Waals surface area contributed by atoms with E-state index in [0.717, 1.165) is 24.1 Å². The highest BCUT2D eigenvalue weighted by molar-refractivity contribution is 7.80. The van der Waals surface area contributed by atoms with Crippen molar-refractivity contribution in [3.63, 3.8) is 0 Å². The third-order valence-corrected chi connectivity index (χ3v) is 3.45. The summed E-state index contributed by atoms with van der Waals surface area (Å²) < 4.78 is 0. The number of hydrogen-bond donors (Lipinski definition) is 1. The second kappa shape index (κ2) is 13.0. The number of rotatable bonds is 12. The summed E-state index contributed by atoms with van der Waals surface area (Å²) in [6, 6.07) is 0. The van der Waals surface area contributed by atoms with Crippen molar-refractivity contribution in [2.45, 2.75) is 65.2 Å². The molecule has 0 rings (SSSR count). The number of nitrogens with one attached hydrogen (secondary N) is 1. The standard InChI is InChI=1S/C16H27NO2S/c1-3-5-6-7-8-9-12-17-16(19)11-10-14(18)13-15(20)4-2/h10-11H,3-9,12-13H2,1-2H3,(H,17,19). The zero-order chi connectivity index (χ0) is 15.2. The molecule has 0 aromatic carbocycles. The lowest BCUT2D eigenvalue weighted by Gasteiger charge is -2.02. The SMILES string of the molecule is CCCCCCCCNC(=O)C=CC(=O)CC(=S)CC. The van der Waals surface area contributed by atoms with Crippen LogP contribution in [0.2, 0.25) is 0 Å². The van der Waals surface area contributed by atoms with Crippen LogP contribution < -0.4 is 5.32 Å². The molecule has 0 saturated carbocycles. The summed E-state index contributed by atoms with van der Waals surface area (Å²) in [5.41, 5.74) is 0. The molecule has 0 aliphatic heterocycles. The van der Waals surface area contributed by atoms with E-state index in [1.807, 2.05) is 6.92 Å². The number of thiocarbonyl (C=S) groups is 1. The number of amides is 1. The molecule has 1 amide bonds. The quantitative estimate of drug-likeness (QED) is 0.339. The molecular formula is C16H27NO2S. The third-order valence-electron chi connectivity index (χ3n) is 3.02. The molecule has 114 valence electrons. The normalized spacial score (nSPS) is 10.7. The molecule has 0 unspecified atom stereocenters. The first-order valence-corrected chi connectivity index (χ1v) is 8.01. The maximum absolute atomic E-state index is 11.5. The molecule has 0 aromatic heterocycles. The van der Waals surface area contributed by atoms with Crippen LogP contribution in [-0.4, -0.2) is 23.1 Å². The third kappa shape index (κ3) is 12.0. The average Bonchev–Trinajstić information content (AvgIpc) is 2.44. The van der Waals surface area contributed by atoms with Gasteiger partial charge in [-0.1, -0.05) is 58.2 Å². The van der Waals surface area contributed by atoms with Gasteiger partial charge in [-0.3, -0.25) is 9.59 Å². The number of hydrogen-bond acceptors (Lipinski definition) is 3. The lowest BCUT2D eigenvalue weighted by Crippen LogP contribution is -2.22. The zero-order valence-corrected chi connectivity index (χ0v) is 13.6. The van der Waals surface area contributed by atoms with E-state index in [2.05, 4.69) is 12.2 Å². The van der Waals surface area contributed by atoms with Gasteiger partial charge in [0.05, 0.1) is 0 Å². The summed E-state index contributed by atoms with van der Waals surface area (Å²) in [6.45, 7) is 4.80. The van der Waals surface area contributed by atoms with Gasteiger partial charge in [-0.25, -0.2) is 0 Å². The van der Waals surface area contributed by atoms with Crippen molar-refractivity contribution in [3.05, 3.63) is 12.2 Å². The second-order valence-electron chi connectivity index (χ2n) is 4.93. The lowest BCUT2D eigenvalue weighted by molar-refractivity contribution is -0.117. The molecule has 0 aromatic rings. The summed E-state index contributed by atoms with van der Waals surface area (Å²) >= 11 is 4.99.